The summed E-state index contributed by atoms with van der Waals surface area (Å²) in [5.41, 5.74) is 2.24. The number of benzene rings is 2. The maximum atomic E-state index is 12.1. The molecule has 0 aromatic heterocycles. The predicted octanol–water partition coefficient (Wildman–Crippen LogP) is 3.71. The molecule has 22 heavy (non-hydrogen) atoms. The molecule has 2 aromatic carbocycles. The first kappa shape index (κ1) is 16.7. The van der Waals surface area contributed by atoms with Gasteiger partial charge in [-0.25, -0.2) is 0 Å². The van der Waals surface area contributed by atoms with Crippen LogP contribution in [0, 0.1) is 0 Å². The van der Waals surface area contributed by atoms with Crippen LogP contribution in [0.3, 0.4) is 0 Å². The van der Waals surface area contributed by atoms with Crippen molar-refractivity contribution in [1.29, 1.82) is 0 Å². The molecule has 0 heterocycles. The normalized spacial score (nSPS) is 11.9. The van der Waals surface area contributed by atoms with E-state index >= 15 is 0 Å². The van der Waals surface area contributed by atoms with Gasteiger partial charge in [0.05, 0.1) is 6.61 Å². The van der Waals surface area contributed by atoms with Gasteiger partial charge in [-0.3, -0.25) is 4.79 Å². The minimum Gasteiger partial charge on any atom is -0.465 e. The number of carbonyl (C=O) groups excluding carboxylic acids is 1. The Bertz CT molecular complexity index is 584. The number of carbonyl (C=O) groups is 1. The maximum Gasteiger partial charge on any atom is 0.323 e. The van der Waals surface area contributed by atoms with Gasteiger partial charge in [-0.2, -0.15) is 0 Å². The molecule has 0 unspecified atom stereocenters. The van der Waals surface area contributed by atoms with Crippen molar-refractivity contribution in [2.45, 2.75) is 25.9 Å². The van der Waals surface area contributed by atoms with E-state index in [1.165, 1.54) is 0 Å². The highest BCUT2D eigenvalue weighted by Gasteiger charge is 2.19. The molecule has 0 radical (unpaired) electrons. The summed E-state index contributed by atoms with van der Waals surface area (Å²) in [7, 11) is 0. The van der Waals surface area contributed by atoms with Crippen LogP contribution in [0.15, 0.2) is 59.1 Å². The number of hydrogen-bond donors (Lipinski definition) is 1. The number of hydrogen-bond acceptors (Lipinski definition) is 3. The standard InChI is InChI=1S/C18H20BrNO2/c1-2-22-18(21)17(12-14-8-10-16(19)11-9-14)20-13-15-6-4-3-5-7-15/h3-11,17,20H,2,12-13H2,1H3/t17-/m0/s1. The first-order chi connectivity index (χ1) is 10.7. The van der Waals surface area contributed by atoms with Crippen LogP contribution in [0.4, 0.5) is 0 Å². The van der Waals surface area contributed by atoms with Gasteiger partial charge in [0, 0.05) is 11.0 Å². The zero-order valence-corrected chi connectivity index (χ0v) is 14.2. The summed E-state index contributed by atoms with van der Waals surface area (Å²) >= 11 is 3.42. The minimum absolute atomic E-state index is 0.207. The molecule has 0 amide bonds. The van der Waals surface area contributed by atoms with Crippen molar-refractivity contribution < 1.29 is 9.53 Å². The lowest BCUT2D eigenvalue weighted by atomic mass is 10.1. The average Bonchev–Trinajstić information content (AvgIpc) is 2.54. The van der Waals surface area contributed by atoms with E-state index in [1.807, 2.05) is 61.5 Å². The van der Waals surface area contributed by atoms with Crippen LogP contribution in [0.1, 0.15) is 18.1 Å². The molecule has 1 N–H and O–H groups in total. The van der Waals surface area contributed by atoms with Crippen LogP contribution >= 0.6 is 15.9 Å². The fourth-order valence-corrected chi connectivity index (χ4v) is 2.44. The Kier molecular flexibility index (Phi) is 6.62. The van der Waals surface area contributed by atoms with Crippen molar-refractivity contribution >= 4 is 21.9 Å². The smallest absolute Gasteiger partial charge is 0.323 e. The zero-order valence-electron chi connectivity index (χ0n) is 12.6. The summed E-state index contributed by atoms with van der Waals surface area (Å²) in [5.74, 6) is -0.207. The highest BCUT2D eigenvalue weighted by Crippen LogP contribution is 2.13. The van der Waals surface area contributed by atoms with E-state index in [2.05, 4.69) is 21.2 Å². The third-order valence-corrected chi connectivity index (χ3v) is 3.85. The Morgan fingerprint density at radius 1 is 1.09 bits per heavy atom. The van der Waals surface area contributed by atoms with Gasteiger partial charge in [-0.1, -0.05) is 58.4 Å². The second kappa shape index (κ2) is 8.71. The van der Waals surface area contributed by atoms with Crippen LogP contribution in [0.2, 0.25) is 0 Å². The third kappa shape index (κ3) is 5.28. The van der Waals surface area contributed by atoms with Crippen LogP contribution in [0.25, 0.3) is 0 Å². The Balaban J connectivity index is 2.02. The third-order valence-electron chi connectivity index (χ3n) is 3.32. The van der Waals surface area contributed by atoms with E-state index in [0.717, 1.165) is 15.6 Å². The van der Waals surface area contributed by atoms with E-state index in [1.54, 1.807) is 0 Å². The van der Waals surface area contributed by atoms with Gasteiger partial charge in [-0.05, 0) is 36.6 Å². The number of nitrogens with one attached hydrogen (secondary N) is 1. The molecule has 0 aliphatic heterocycles. The molecule has 2 aromatic rings. The molecular formula is C18H20BrNO2. The van der Waals surface area contributed by atoms with Gasteiger partial charge in [-0.15, -0.1) is 0 Å². The lowest BCUT2D eigenvalue weighted by Crippen LogP contribution is -2.39. The van der Waals surface area contributed by atoms with Crippen molar-refractivity contribution in [3.05, 3.63) is 70.2 Å². The van der Waals surface area contributed by atoms with E-state index in [-0.39, 0.29) is 12.0 Å². The van der Waals surface area contributed by atoms with E-state index < -0.39 is 0 Å². The van der Waals surface area contributed by atoms with Crippen LogP contribution in [0.5, 0.6) is 0 Å². The van der Waals surface area contributed by atoms with E-state index in [9.17, 15) is 4.79 Å². The number of rotatable bonds is 7. The first-order valence-electron chi connectivity index (χ1n) is 7.37. The van der Waals surface area contributed by atoms with Gasteiger partial charge in [0.1, 0.15) is 6.04 Å². The molecule has 0 fully saturated rings. The van der Waals surface area contributed by atoms with Crippen molar-refractivity contribution in [3.8, 4) is 0 Å². The maximum absolute atomic E-state index is 12.1. The van der Waals surface area contributed by atoms with Gasteiger partial charge in [0.25, 0.3) is 0 Å². The Morgan fingerprint density at radius 2 is 1.77 bits per heavy atom. The van der Waals surface area contributed by atoms with Crippen molar-refractivity contribution in [1.82, 2.24) is 5.32 Å². The fourth-order valence-electron chi connectivity index (χ4n) is 2.17. The minimum atomic E-state index is -0.346. The number of esters is 1. The van der Waals surface area contributed by atoms with Crippen molar-refractivity contribution in [2.24, 2.45) is 0 Å². The Labute approximate surface area is 139 Å². The van der Waals surface area contributed by atoms with Crippen molar-refractivity contribution in [2.75, 3.05) is 6.61 Å². The molecule has 0 aliphatic rings. The van der Waals surface area contributed by atoms with Crippen LogP contribution in [-0.4, -0.2) is 18.6 Å². The molecule has 0 bridgehead atoms. The van der Waals surface area contributed by atoms with E-state index in [4.69, 9.17) is 4.74 Å². The monoisotopic (exact) mass is 361 g/mol. The van der Waals surface area contributed by atoms with Crippen molar-refractivity contribution in [3.63, 3.8) is 0 Å². The second-order valence-electron chi connectivity index (χ2n) is 5.00. The zero-order chi connectivity index (χ0) is 15.8. The Hall–Kier alpha value is -1.65. The molecule has 4 heteroatoms. The summed E-state index contributed by atoms with van der Waals surface area (Å²) in [5, 5.41) is 3.30. The Morgan fingerprint density at radius 3 is 2.41 bits per heavy atom. The van der Waals surface area contributed by atoms with Crippen LogP contribution in [-0.2, 0) is 22.5 Å². The van der Waals surface area contributed by atoms with Gasteiger partial charge < -0.3 is 10.1 Å². The molecule has 0 spiro atoms. The van der Waals surface area contributed by atoms with Crippen LogP contribution < -0.4 is 5.32 Å². The SMILES string of the molecule is CCOC(=O)[C@H](Cc1ccc(Br)cc1)NCc1ccccc1. The molecule has 0 saturated heterocycles. The average molecular weight is 362 g/mol. The highest BCUT2D eigenvalue weighted by molar-refractivity contribution is 9.10. The quantitative estimate of drug-likeness (QED) is 0.763. The summed E-state index contributed by atoms with van der Waals surface area (Å²) in [6, 6.07) is 17.7. The molecule has 3 nitrogen and oxygen atoms in total. The topological polar surface area (TPSA) is 38.3 Å². The summed E-state index contributed by atoms with van der Waals surface area (Å²) < 4.78 is 6.21. The molecule has 0 saturated carbocycles. The molecule has 1 atom stereocenters. The lowest BCUT2D eigenvalue weighted by molar-refractivity contribution is -0.145. The first-order valence-corrected chi connectivity index (χ1v) is 8.16. The summed E-state index contributed by atoms with van der Waals surface area (Å²) in [6.45, 7) is 2.86. The van der Waals surface area contributed by atoms with Gasteiger partial charge in [0.2, 0.25) is 0 Å². The molecule has 116 valence electrons. The van der Waals surface area contributed by atoms with Gasteiger partial charge in [0.15, 0.2) is 0 Å². The van der Waals surface area contributed by atoms with E-state index in [0.29, 0.717) is 19.6 Å². The molecule has 0 aliphatic carbocycles. The number of ether oxygens (including phenoxy) is 1. The number of halogens is 1. The summed E-state index contributed by atoms with van der Waals surface area (Å²) in [4.78, 5) is 12.1. The fraction of sp³-hybridized carbons (Fsp3) is 0.278. The van der Waals surface area contributed by atoms with Gasteiger partial charge >= 0.3 is 5.97 Å². The largest absolute Gasteiger partial charge is 0.465 e. The summed E-state index contributed by atoms with van der Waals surface area (Å²) in [6.07, 6.45) is 0.610. The lowest BCUT2D eigenvalue weighted by Gasteiger charge is -2.17. The predicted molar refractivity (Wildman–Crippen MR) is 91.5 cm³/mol. The molecular weight excluding hydrogens is 342 g/mol. The highest BCUT2D eigenvalue weighted by atomic mass is 79.9. The molecule has 2 rings (SSSR count). The second-order valence-corrected chi connectivity index (χ2v) is 5.92.